The van der Waals surface area contributed by atoms with E-state index < -0.39 is 11.7 Å². The highest BCUT2D eigenvalue weighted by Gasteiger charge is 2.07. The first-order valence-electron chi connectivity index (χ1n) is 7.61. The van der Waals surface area contributed by atoms with Gasteiger partial charge in [0, 0.05) is 24.0 Å². The Labute approximate surface area is 155 Å². The van der Waals surface area contributed by atoms with Crippen molar-refractivity contribution in [2.75, 3.05) is 23.8 Å². The molecule has 136 valence electrons. The molecule has 2 aromatic carbocycles. The number of carbonyl (C=O) groups excluding carboxylic acids is 2. The summed E-state index contributed by atoms with van der Waals surface area (Å²) in [6.45, 7) is 3.61. The molecular formula is C18H17ClFN3O3. The van der Waals surface area contributed by atoms with Gasteiger partial charge in [-0.2, -0.15) is 0 Å². The molecule has 0 aliphatic rings. The van der Waals surface area contributed by atoms with Crippen LogP contribution in [0.15, 0.2) is 55.1 Å². The fourth-order valence-electron chi connectivity index (χ4n) is 1.89. The van der Waals surface area contributed by atoms with E-state index >= 15 is 0 Å². The largest absolute Gasteiger partial charge is 0.484 e. The van der Waals surface area contributed by atoms with Gasteiger partial charge in [0.2, 0.25) is 0 Å². The van der Waals surface area contributed by atoms with Crippen LogP contribution in [0.2, 0.25) is 5.02 Å². The molecule has 0 aliphatic carbocycles. The Bertz CT molecular complexity index is 797. The Balaban J connectivity index is 1.82. The van der Waals surface area contributed by atoms with Crippen molar-refractivity contribution < 1.29 is 18.7 Å². The zero-order chi connectivity index (χ0) is 18.9. The first-order valence-corrected chi connectivity index (χ1v) is 7.99. The van der Waals surface area contributed by atoms with Gasteiger partial charge in [0.1, 0.15) is 11.6 Å². The van der Waals surface area contributed by atoms with Crippen molar-refractivity contribution in [1.82, 2.24) is 5.32 Å². The molecule has 26 heavy (non-hydrogen) atoms. The third-order valence-electron chi connectivity index (χ3n) is 3.09. The zero-order valence-corrected chi connectivity index (χ0v) is 14.5. The third-order valence-corrected chi connectivity index (χ3v) is 3.38. The van der Waals surface area contributed by atoms with Crippen molar-refractivity contribution >= 4 is 34.9 Å². The van der Waals surface area contributed by atoms with Crippen LogP contribution in [0.4, 0.5) is 20.6 Å². The lowest BCUT2D eigenvalue weighted by atomic mass is 10.3. The maximum atomic E-state index is 13.1. The molecule has 3 N–H and O–H groups in total. The lowest BCUT2D eigenvalue weighted by Gasteiger charge is -2.09. The van der Waals surface area contributed by atoms with Crippen LogP contribution in [0.25, 0.3) is 0 Å². The molecule has 2 rings (SSSR count). The van der Waals surface area contributed by atoms with Crippen LogP contribution in [0.5, 0.6) is 5.75 Å². The van der Waals surface area contributed by atoms with E-state index in [9.17, 15) is 14.0 Å². The molecule has 2 aromatic rings. The molecule has 0 fully saturated rings. The quantitative estimate of drug-likeness (QED) is 0.642. The number of ether oxygens (including phenoxy) is 1. The van der Waals surface area contributed by atoms with Crippen LogP contribution < -0.4 is 20.7 Å². The predicted molar refractivity (Wildman–Crippen MR) is 99.2 cm³/mol. The van der Waals surface area contributed by atoms with Crippen LogP contribution in [-0.4, -0.2) is 25.1 Å². The second-order valence-corrected chi connectivity index (χ2v) is 5.52. The van der Waals surface area contributed by atoms with E-state index in [-0.39, 0.29) is 23.4 Å². The second-order valence-electron chi connectivity index (χ2n) is 5.11. The molecule has 0 atom stereocenters. The summed E-state index contributed by atoms with van der Waals surface area (Å²) in [5.41, 5.74) is 1.11. The van der Waals surface area contributed by atoms with Gasteiger partial charge in [-0.25, -0.2) is 9.18 Å². The molecule has 6 nitrogen and oxygen atoms in total. The minimum atomic E-state index is -0.560. The molecule has 0 unspecified atom stereocenters. The summed E-state index contributed by atoms with van der Waals surface area (Å²) in [6, 6.07) is 10.0. The van der Waals surface area contributed by atoms with E-state index in [0.29, 0.717) is 17.9 Å². The number of halogens is 2. The summed E-state index contributed by atoms with van der Waals surface area (Å²) in [5.74, 6) is -0.665. The lowest BCUT2D eigenvalue weighted by molar-refractivity contribution is -0.118. The maximum absolute atomic E-state index is 13.1. The highest BCUT2D eigenvalue weighted by Crippen LogP contribution is 2.21. The maximum Gasteiger partial charge on any atom is 0.319 e. The summed E-state index contributed by atoms with van der Waals surface area (Å²) >= 11 is 5.64. The van der Waals surface area contributed by atoms with E-state index in [2.05, 4.69) is 22.5 Å². The van der Waals surface area contributed by atoms with Crippen LogP contribution >= 0.6 is 11.6 Å². The number of benzene rings is 2. The Kier molecular flexibility index (Phi) is 6.99. The van der Waals surface area contributed by atoms with Crippen molar-refractivity contribution in [3.63, 3.8) is 0 Å². The van der Waals surface area contributed by atoms with Crippen LogP contribution in [0.1, 0.15) is 0 Å². The Morgan fingerprint density at radius 1 is 1.12 bits per heavy atom. The summed E-state index contributed by atoms with van der Waals surface area (Å²) in [6.07, 6.45) is 1.57. The number of anilines is 2. The molecule has 0 aromatic heterocycles. The van der Waals surface area contributed by atoms with E-state index in [1.807, 2.05) is 0 Å². The average molecular weight is 378 g/mol. The van der Waals surface area contributed by atoms with Gasteiger partial charge in [-0.15, -0.1) is 6.58 Å². The van der Waals surface area contributed by atoms with Crippen molar-refractivity contribution in [2.24, 2.45) is 0 Å². The minimum absolute atomic E-state index is 0.0804. The number of nitrogens with one attached hydrogen (secondary N) is 3. The summed E-state index contributed by atoms with van der Waals surface area (Å²) in [7, 11) is 0. The smallest absolute Gasteiger partial charge is 0.319 e. The molecule has 3 amide bonds. The molecule has 0 saturated heterocycles. The first kappa shape index (κ1) is 19.3. The van der Waals surface area contributed by atoms with Gasteiger partial charge in [-0.1, -0.05) is 17.7 Å². The van der Waals surface area contributed by atoms with Crippen LogP contribution in [0.3, 0.4) is 0 Å². The number of hydrogen-bond donors (Lipinski definition) is 3. The first-order chi connectivity index (χ1) is 12.5. The topological polar surface area (TPSA) is 79.5 Å². The SMILES string of the molecule is C=CCNC(=O)Nc1ccc(NC(=O)COc2ccc(F)c(Cl)c2)cc1. The molecule has 8 heteroatoms. The third kappa shape index (κ3) is 6.10. The fraction of sp³-hybridized carbons (Fsp3) is 0.111. The van der Waals surface area contributed by atoms with Crippen LogP contribution in [-0.2, 0) is 4.79 Å². The van der Waals surface area contributed by atoms with Crippen LogP contribution in [0, 0.1) is 5.82 Å². The molecule has 0 heterocycles. The fourth-order valence-corrected chi connectivity index (χ4v) is 2.06. The zero-order valence-electron chi connectivity index (χ0n) is 13.7. The van der Waals surface area contributed by atoms with Gasteiger partial charge in [0.25, 0.3) is 5.91 Å². The van der Waals surface area contributed by atoms with E-state index in [1.54, 1.807) is 30.3 Å². The van der Waals surface area contributed by atoms with Gasteiger partial charge in [0.15, 0.2) is 6.61 Å². The Morgan fingerprint density at radius 2 is 1.77 bits per heavy atom. The summed E-state index contributed by atoms with van der Waals surface area (Å²) in [4.78, 5) is 23.4. The lowest BCUT2D eigenvalue weighted by Crippen LogP contribution is -2.28. The van der Waals surface area contributed by atoms with Crippen molar-refractivity contribution in [1.29, 1.82) is 0 Å². The highest BCUT2D eigenvalue weighted by atomic mass is 35.5. The van der Waals surface area contributed by atoms with Crippen molar-refractivity contribution in [2.45, 2.75) is 0 Å². The predicted octanol–water partition coefficient (Wildman–Crippen LogP) is 3.80. The van der Waals surface area contributed by atoms with Gasteiger partial charge >= 0.3 is 6.03 Å². The number of hydrogen-bond acceptors (Lipinski definition) is 3. The Morgan fingerprint density at radius 3 is 2.38 bits per heavy atom. The number of carbonyl (C=O) groups is 2. The standard InChI is InChI=1S/C18H17ClFN3O3/c1-2-9-21-18(25)23-13-5-3-12(4-6-13)22-17(24)11-26-14-7-8-16(20)15(19)10-14/h2-8,10H,1,9,11H2,(H,22,24)(H2,21,23,25). The second kappa shape index (κ2) is 9.43. The van der Waals surface area contributed by atoms with E-state index in [4.69, 9.17) is 16.3 Å². The Hall–Kier alpha value is -3.06. The summed E-state index contributed by atoms with van der Waals surface area (Å²) in [5, 5.41) is 7.78. The molecular weight excluding hydrogens is 361 g/mol. The van der Waals surface area contributed by atoms with Gasteiger partial charge in [-0.3, -0.25) is 4.79 Å². The van der Waals surface area contributed by atoms with Crippen molar-refractivity contribution in [3.8, 4) is 5.75 Å². The highest BCUT2D eigenvalue weighted by molar-refractivity contribution is 6.30. The molecule has 0 bridgehead atoms. The normalized spacial score (nSPS) is 9.92. The van der Waals surface area contributed by atoms with Gasteiger partial charge < -0.3 is 20.7 Å². The average Bonchev–Trinajstić information content (AvgIpc) is 2.62. The van der Waals surface area contributed by atoms with Gasteiger partial charge in [0.05, 0.1) is 5.02 Å². The molecule has 0 radical (unpaired) electrons. The molecule has 0 saturated carbocycles. The monoisotopic (exact) mass is 377 g/mol. The number of rotatable bonds is 7. The molecule has 0 spiro atoms. The number of urea groups is 1. The van der Waals surface area contributed by atoms with E-state index in [0.717, 1.165) is 6.07 Å². The summed E-state index contributed by atoms with van der Waals surface area (Å²) < 4.78 is 18.3. The molecule has 0 aliphatic heterocycles. The van der Waals surface area contributed by atoms with E-state index in [1.165, 1.54) is 12.1 Å². The van der Waals surface area contributed by atoms with Crippen molar-refractivity contribution in [3.05, 3.63) is 66.0 Å². The van der Waals surface area contributed by atoms with Gasteiger partial charge in [-0.05, 0) is 36.4 Å². The minimum Gasteiger partial charge on any atom is -0.484 e. The number of amides is 3.